The molecule has 2 N–H and O–H groups in total. The van der Waals surface area contributed by atoms with E-state index in [1.54, 1.807) is 25.1 Å². The highest BCUT2D eigenvalue weighted by Gasteiger charge is 2.16. The zero-order valence-corrected chi connectivity index (χ0v) is 16.7. The summed E-state index contributed by atoms with van der Waals surface area (Å²) in [4.78, 5) is 12.6. The van der Waals surface area contributed by atoms with Crippen LogP contribution in [0.2, 0.25) is 0 Å². The minimum atomic E-state index is -3.35. The molecule has 0 saturated heterocycles. The van der Waals surface area contributed by atoms with Crippen molar-refractivity contribution in [2.45, 2.75) is 40.2 Å². The molecule has 2 rings (SSSR count). The predicted octanol–water partition coefficient (Wildman–Crippen LogP) is 3.86. The smallest absolute Gasteiger partial charge is 0.251 e. The maximum absolute atomic E-state index is 12.6. The van der Waals surface area contributed by atoms with Crippen molar-refractivity contribution < 1.29 is 13.2 Å². The van der Waals surface area contributed by atoms with Gasteiger partial charge < -0.3 is 5.32 Å². The molecule has 0 fully saturated rings. The number of hydrogen-bond acceptors (Lipinski definition) is 3. The van der Waals surface area contributed by atoms with Gasteiger partial charge in [0.2, 0.25) is 10.0 Å². The Morgan fingerprint density at radius 1 is 1.00 bits per heavy atom. The lowest BCUT2D eigenvalue weighted by molar-refractivity contribution is 0.0935. The first-order valence-corrected chi connectivity index (χ1v) is 10.5. The molecule has 2 aromatic carbocycles. The second kappa shape index (κ2) is 7.91. The summed E-state index contributed by atoms with van der Waals surface area (Å²) in [5.41, 5.74) is 5.18. The van der Waals surface area contributed by atoms with E-state index in [0.29, 0.717) is 16.8 Å². The normalized spacial score (nSPS) is 12.5. The number of carbonyl (C=O) groups is 1. The van der Waals surface area contributed by atoms with E-state index >= 15 is 0 Å². The molecule has 1 amide bonds. The predicted molar refractivity (Wildman–Crippen MR) is 106 cm³/mol. The third-order valence-corrected chi connectivity index (χ3v) is 5.02. The quantitative estimate of drug-likeness (QED) is 0.806. The third-order valence-electron chi connectivity index (χ3n) is 4.43. The molecule has 0 aliphatic rings. The number of rotatable bonds is 6. The van der Waals surface area contributed by atoms with Gasteiger partial charge in [0.15, 0.2) is 0 Å². The largest absolute Gasteiger partial charge is 0.345 e. The fourth-order valence-electron chi connectivity index (χ4n) is 2.76. The maximum atomic E-state index is 12.6. The van der Waals surface area contributed by atoms with Crippen LogP contribution in [0.3, 0.4) is 0 Å². The Morgan fingerprint density at radius 3 is 2.23 bits per heavy atom. The van der Waals surface area contributed by atoms with E-state index in [0.717, 1.165) is 18.2 Å². The van der Waals surface area contributed by atoms with Crippen molar-refractivity contribution in [2.24, 2.45) is 0 Å². The highest BCUT2D eigenvalue weighted by Crippen LogP contribution is 2.22. The summed E-state index contributed by atoms with van der Waals surface area (Å²) in [5, 5.41) is 3.06. The van der Waals surface area contributed by atoms with E-state index in [2.05, 4.69) is 36.0 Å². The first kappa shape index (κ1) is 20.0. The lowest BCUT2D eigenvalue weighted by Crippen LogP contribution is -2.28. The number of amides is 1. The van der Waals surface area contributed by atoms with Crippen LogP contribution >= 0.6 is 0 Å². The molecule has 0 radical (unpaired) electrons. The zero-order valence-electron chi connectivity index (χ0n) is 15.9. The maximum Gasteiger partial charge on any atom is 0.251 e. The summed E-state index contributed by atoms with van der Waals surface area (Å²) in [6.45, 7) is 7.92. The lowest BCUT2D eigenvalue weighted by Gasteiger charge is -2.19. The fourth-order valence-corrected chi connectivity index (χ4v) is 3.39. The van der Waals surface area contributed by atoms with Crippen molar-refractivity contribution in [3.8, 4) is 0 Å². The average molecular weight is 375 g/mol. The number of anilines is 1. The van der Waals surface area contributed by atoms with Crippen molar-refractivity contribution in [2.75, 3.05) is 11.0 Å². The Kier molecular flexibility index (Phi) is 6.08. The SMILES string of the molecule is CC[C@H](NC(=O)c1ccc(NS(C)(=O)=O)c(C)c1)c1ccc(C)c(C)c1. The van der Waals surface area contributed by atoms with Crippen LogP contribution in [-0.4, -0.2) is 20.6 Å². The summed E-state index contributed by atoms with van der Waals surface area (Å²) in [5.74, 6) is -0.177. The van der Waals surface area contributed by atoms with Crippen LogP contribution in [0.1, 0.15) is 52.0 Å². The van der Waals surface area contributed by atoms with Crippen molar-refractivity contribution >= 4 is 21.6 Å². The number of benzene rings is 2. The minimum absolute atomic E-state index is 0.0732. The van der Waals surface area contributed by atoms with E-state index in [4.69, 9.17) is 0 Å². The van der Waals surface area contributed by atoms with E-state index in [-0.39, 0.29) is 11.9 Å². The molecule has 6 heteroatoms. The molecule has 1 atom stereocenters. The number of carbonyl (C=O) groups excluding carboxylic acids is 1. The van der Waals surface area contributed by atoms with Gasteiger partial charge in [0.25, 0.3) is 5.91 Å². The van der Waals surface area contributed by atoms with E-state index in [1.165, 1.54) is 11.1 Å². The van der Waals surface area contributed by atoms with Crippen LogP contribution in [0.4, 0.5) is 5.69 Å². The molecule has 0 saturated carbocycles. The van der Waals surface area contributed by atoms with Gasteiger partial charge in [-0.3, -0.25) is 9.52 Å². The molecule has 0 aliphatic heterocycles. The molecule has 0 aromatic heterocycles. The topological polar surface area (TPSA) is 75.3 Å². The molecule has 0 spiro atoms. The summed E-state index contributed by atoms with van der Waals surface area (Å²) in [6, 6.07) is 11.1. The number of hydrogen-bond donors (Lipinski definition) is 2. The Bertz CT molecular complexity index is 921. The number of nitrogens with one attached hydrogen (secondary N) is 2. The van der Waals surface area contributed by atoms with Crippen LogP contribution in [0.25, 0.3) is 0 Å². The summed E-state index contributed by atoms with van der Waals surface area (Å²) in [7, 11) is -3.35. The van der Waals surface area contributed by atoms with Crippen LogP contribution < -0.4 is 10.0 Å². The summed E-state index contributed by atoms with van der Waals surface area (Å²) < 4.78 is 25.2. The second-order valence-electron chi connectivity index (χ2n) is 6.68. The summed E-state index contributed by atoms with van der Waals surface area (Å²) in [6.07, 6.45) is 1.88. The first-order chi connectivity index (χ1) is 12.1. The van der Waals surface area contributed by atoms with Gasteiger partial charge in [0.05, 0.1) is 18.0 Å². The molecule has 0 heterocycles. The average Bonchev–Trinajstić information content (AvgIpc) is 2.55. The van der Waals surface area contributed by atoms with Crippen LogP contribution in [0.15, 0.2) is 36.4 Å². The van der Waals surface area contributed by atoms with Crippen LogP contribution in [-0.2, 0) is 10.0 Å². The summed E-state index contributed by atoms with van der Waals surface area (Å²) >= 11 is 0. The van der Waals surface area contributed by atoms with Gasteiger partial charge in [-0.15, -0.1) is 0 Å². The molecular weight excluding hydrogens is 348 g/mol. The Morgan fingerprint density at radius 2 is 1.69 bits per heavy atom. The molecule has 5 nitrogen and oxygen atoms in total. The number of aryl methyl sites for hydroxylation is 3. The Hall–Kier alpha value is -2.34. The molecule has 26 heavy (non-hydrogen) atoms. The monoisotopic (exact) mass is 374 g/mol. The standard InChI is InChI=1S/C20H26N2O3S/c1-6-18(16-8-7-13(2)14(3)11-16)21-20(23)17-9-10-19(15(4)12-17)22-26(5,24)25/h7-12,18,22H,6H2,1-5H3,(H,21,23)/t18-/m0/s1. The second-order valence-corrected chi connectivity index (χ2v) is 8.43. The Balaban J connectivity index is 2.19. The lowest BCUT2D eigenvalue weighted by atomic mass is 9.99. The van der Waals surface area contributed by atoms with Gasteiger partial charge in [0.1, 0.15) is 0 Å². The Labute approximate surface area is 155 Å². The van der Waals surface area contributed by atoms with Crippen molar-refractivity contribution in [3.63, 3.8) is 0 Å². The van der Waals surface area contributed by atoms with Gasteiger partial charge in [-0.25, -0.2) is 8.42 Å². The van der Waals surface area contributed by atoms with Crippen molar-refractivity contribution in [1.29, 1.82) is 0 Å². The van der Waals surface area contributed by atoms with E-state index in [9.17, 15) is 13.2 Å². The van der Waals surface area contributed by atoms with Crippen LogP contribution in [0.5, 0.6) is 0 Å². The van der Waals surface area contributed by atoms with Crippen molar-refractivity contribution in [1.82, 2.24) is 5.32 Å². The zero-order chi connectivity index (χ0) is 19.5. The van der Waals surface area contributed by atoms with E-state index < -0.39 is 10.0 Å². The molecular formula is C20H26N2O3S. The third kappa shape index (κ3) is 5.08. The van der Waals surface area contributed by atoms with Crippen LogP contribution in [0, 0.1) is 20.8 Å². The first-order valence-electron chi connectivity index (χ1n) is 8.57. The van der Waals surface area contributed by atoms with Gasteiger partial charge in [0, 0.05) is 5.56 Å². The molecule has 0 aliphatic carbocycles. The van der Waals surface area contributed by atoms with Crippen molar-refractivity contribution in [3.05, 3.63) is 64.2 Å². The van der Waals surface area contributed by atoms with E-state index in [1.807, 2.05) is 13.0 Å². The van der Waals surface area contributed by atoms with Gasteiger partial charge in [-0.2, -0.15) is 0 Å². The molecule has 2 aromatic rings. The molecule has 0 bridgehead atoms. The minimum Gasteiger partial charge on any atom is -0.345 e. The number of sulfonamides is 1. The molecule has 0 unspecified atom stereocenters. The fraction of sp³-hybridized carbons (Fsp3) is 0.350. The van der Waals surface area contributed by atoms with Gasteiger partial charge in [-0.1, -0.05) is 25.1 Å². The molecule has 140 valence electrons. The highest BCUT2D eigenvalue weighted by molar-refractivity contribution is 7.92. The highest BCUT2D eigenvalue weighted by atomic mass is 32.2. The van der Waals surface area contributed by atoms with Gasteiger partial charge in [-0.05, 0) is 67.6 Å². The van der Waals surface area contributed by atoms with Gasteiger partial charge >= 0.3 is 0 Å².